The van der Waals surface area contributed by atoms with Crippen molar-refractivity contribution >= 4 is 27.3 Å². The minimum absolute atomic E-state index is 0.00880. The molecule has 2 rings (SSSR count). The van der Waals surface area contributed by atoms with Crippen molar-refractivity contribution in [1.29, 1.82) is 0 Å². The first-order valence-electron chi connectivity index (χ1n) is 5.39. The molecule has 2 aromatic carbocycles. The quantitative estimate of drug-likeness (QED) is 0.833. The topological polar surface area (TPSA) is 38.0 Å². The largest absolute Gasteiger partial charge is 0.397 e. The number of halogens is 4. The van der Waals surface area contributed by atoms with Gasteiger partial charge in [0.15, 0.2) is 0 Å². The van der Waals surface area contributed by atoms with E-state index in [0.717, 1.165) is 18.2 Å². The molecule has 0 saturated carbocycles. The van der Waals surface area contributed by atoms with E-state index in [2.05, 4.69) is 21.2 Å². The SMILES string of the molecule is Nc1cc(Br)c(F)cc1NCc1cc(F)ccc1F. The van der Waals surface area contributed by atoms with Gasteiger partial charge in [0.05, 0.1) is 15.8 Å². The Hall–Kier alpha value is -1.69. The van der Waals surface area contributed by atoms with Crippen molar-refractivity contribution in [3.05, 3.63) is 57.8 Å². The Morgan fingerprint density at radius 1 is 1.05 bits per heavy atom. The molecule has 19 heavy (non-hydrogen) atoms. The second-order valence-corrected chi connectivity index (χ2v) is 4.80. The summed E-state index contributed by atoms with van der Waals surface area (Å²) in [6, 6.07) is 5.74. The van der Waals surface area contributed by atoms with Crippen molar-refractivity contribution in [2.45, 2.75) is 6.54 Å². The summed E-state index contributed by atoms with van der Waals surface area (Å²) in [5.41, 5.74) is 6.47. The average molecular weight is 331 g/mol. The van der Waals surface area contributed by atoms with E-state index in [4.69, 9.17) is 5.73 Å². The van der Waals surface area contributed by atoms with E-state index in [0.29, 0.717) is 11.4 Å². The summed E-state index contributed by atoms with van der Waals surface area (Å²) in [5.74, 6) is -1.56. The standard InChI is InChI=1S/C13H10BrF3N2/c14-9-4-12(18)13(5-11(9)17)19-6-7-3-8(15)1-2-10(7)16/h1-5,19H,6,18H2. The molecule has 0 amide bonds. The van der Waals surface area contributed by atoms with Gasteiger partial charge in [0, 0.05) is 18.2 Å². The molecule has 0 aromatic heterocycles. The molecular weight excluding hydrogens is 321 g/mol. The van der Waals surface area contributed by atoms with Gasteiger partial charge >= 0.3 is 0 Å². The molecule has 0 spiro atoms. The molecule has 0 radical (unpaired) electrons. The summed E-state index contributed by atoms with van der Waals surface area (Å²) in [6.45, 7) is 0.00880. The summed E-state index contributed by atoms with van der Waals surface area (Å²) < 4.78 is 40.0. The second-order valence-electron chi connectivity index (χ2n) is 3.94. The van der Waals surface area contributed by atoms with Crippen LogP contribution < -0.4 is 11.1 Å². The molecule has 0 aliphatic carbocycles. The van der Waals surface area contributed by atoms with Gasteiger partial charge in [-0.2, -0.15) is 0 Å². The predicted molar refractivity (Wildman–Crippen MR) is 72.2 cm³/mol. The van der Waals surface area contributed by atoms with E-state index < -0.39 is 17.5 Å². The fraction of sp³-hybridized carbons (Fsp3) is 0.0769. The molecule has 0 fully saturated rings. The molecule has 0 atom stereocenters. The normalized spacial score (nSPS) is 10.5. The van der Waals surface area contributed by atoms with Gasteiger partial charge in [-0.25, -0.2) is 13.2 Å². The highest BCUT2D eigenvalue weighted by atomic mass is 79.9. The Labute approximate surface area is 116 Å². The van der Waals surface area contributed by atoms with E-state index in [1.165, 1.54) is 12.1 Å². The molecule has 0 bridgehead atoms. The zero-order valence-electron chi connectivity index (χ0n) is 9.68. The van der Waals surface area contributed by atoms with E-state index >= 15 is 0 Å². The van der Waals surface area contributed by atoms with Crippen LogP contribution >= 0.6 is 15.9 Å². The molecule has 0 unspecified atom stereocenters. The summed E-state index contributed by atoms with van der Waals surface area (Å²) >= 11 is 3.00. The Morgan fingerprint density at radius 2 is 1.79 bits per heavy atom. The maximum Gasteiger partial charge on any atom is 0.139 e. The van der Waals surface area contributed by atoms with Crippen LogP contribution in [0.15, 0.2) is 34.8 Å². The van der Waals surface area contributed by atoms with Crippen molar-refractivity contribution in [1.82, 2.24) is 0 Å². The molecule has 0 aliphatic heterocycles. The number of hydrogen-bond acceptors (Lipinski definition) is 2. The highest BCUT2D eigenvalue weighted by Gasteiger charge is 2.08. The van der Waals surface area contributed by atoms with Crippen molar-refractivity contribution in [2.24, 2.45) is 0 Å². The monoisotopic (exact) mass is 330 g/mol. The molecule has 6 heteroatoms. The first-order valence-corrected chi connectivity index (χ1v) is 6.19. The zero-order chi connectivity index (χ0) is 14.0. The number of rotatable bonds is 3. The van der Waals surface area contributed by atoms with Gasteiger partial charge in [-0.3, -0.25) is 0 Å². The molecule has 100 valence electrons. The molecular formula is C13H10BrF3N2. The number of nitrogens with one attached hydrogen (secondary N) is 1. The summed E-state index contributed by atoms with van der Waals surface area (Å²) in [7, 11) is 0. The maximum atomic E-state index is 13.4. The first kappa shape index (κ1) is 13.7. The van der Waals surface area contributed by atoms with Gasteiger partial charge in [0.1, 0.15) is 17.5 Å². The van der Waals surface area contributed by atoms with Gasteiger partial charge in [-0.05, 0) is 40.2 Å². The summed E-state index contributed by atoms with van der Waals surface area (Å²) in [4.78, 5) is 0. The van der Waals surface area contributed by atoms with Gasteiger partial charge in [-0.15, -0.1) is 0 Å². The maximum absolute atomic E-state index is 13.4. The van der Waals surface area contributed by atoms with Crippen LogP contribution in [0, 0.1) is 17.5 Å². The third-order valence-corrected chi connectivity index (χ3v) is 3.18. The van der Waals surface area contributed by atoms with Crippen LogP contribution in [0.3, 0.4) is 0 Å². The van der Waals surface area contributed by atoms with E-state index in [9.17, 15) is 13.2 Å². The van der Waals surface area contributed by atoms with Crippen LogP contribution in [0.4, 0.5) is 24.5 Å². The third-order valence-electron chi connectivity index (χ3n) is 2.57. The molecule has 3 N–H and O–H groups in total. The minimum atomic E-state index is -0.537. The van der Waals surface area contributed by atoms with E-state index in [1.54, 1.807) is 0 Å². The Kier molecular flexibility index (Phi) is 3.99. The molecule has 2 aromatic rings. The number of anilines is 2. The minimum Gasteiger partial charge on any atom is -0.397 e. The number of nitrogens with two attached hydrogens (primary N) is 1. The Bertz CT molecular complexity index is 617. The van der Waals surface area contributed by atoms with Crippen molar-refractivity contribution < 1.29 is 13.2 Å². The van der Waals surface area contributed by atoms with E-state index in [-0.39, 0.29) is 16.6 Å². The zero-order valence-corrected chi connectivity index (χ0v) is 11.3. The number of hydrogen-bond donors (Lipinski definition) is 2. The smallest absolute Gasteiger partial charge is 0.139 e. The van der Waals surface area contributed by atoms with Crippen LogP contribution in [0.2, 0.25) is 0 Å². The van der Waals surface area contributed by atoms with Gasteiger partial charge in [0.2, 0.25) is 0 Å². The molecule has 0 saturated heterocycles. The molecule has 0 heterocycles. The van der Waals surface area contributed by atoms with Crippen LogP contribution in [0.1, 0.15) is 5.56 Å². The van der Waals surface area contributed by atoms with Crippen molar-refractivity contribution in [3.8, 4) is 0 Å². The van der Waals surface area contributed by atoms with E-state index in [1.807, 2.05) is 0 Å². The lowest BCUT2D eigenvalue weighted by molar-refractivity contribution is 0.587. The predicted octanol–water partition coefficient (Wildman–Crippen LogP) is 4.06. The average Bonchev–Trinajstić information content (AvgIpc) is 2.36. The van der Waals surface area contributed by atoms with Crippen LogP contribution in [-0.2, 0) is 6.54 Å². The number of nitrogen functional groups attached to an aromatic ring is 1. The summed E-state index contributed by atoms with van der Waals surface area (Å²) in [6.07, 6.45) is 0. The highest BCUT2D eigenvalue weighted by molar-refractivity contribution is 9.10. The van der Waals surface area contributed by atoms with Crippen LogP contribution in [0.5, 0.6) is 0 Å². The van der Waals surface area contributed by atoms with Gasteiger partial charge < -0.3 is 11.1 Å². The molecule has 2 nitrogen and oxygen atoms in total. The molecule has 0 aliphatic rings. The fourth-order valence-electron chi connectivity index (χ4n) is 1.58. The van der Waals surface area contributed by atoms with Crippen molar-refractivity contribution in [3.63, 3.8) is 0 Å². The Morgan fingerprint density at radius 3 is 2.53 bits per heavy atom. The van der Waals surface area contributed by atoms with Gasteiger partial charge in [0.25, 0.3) is 0 Å². The van der Waals surface area contributed by atoms with Crippen LogP contribution in [0.25, 0.3) is 0 Å². The second kappa shape index (κ2) is 5.52. The lowest BCUT2D eigenvalue weighted by Gasteiger charge is -2.11. The lowest BCUT2D eigenvalue weighted by atomic mass is 10.2. The summed E-state index contributed by atoms with van der Waals surface area (Å²) in [5, 5.41) is 2.77. The lowest BCUT2D eigenvalue weighted by Crippen LogP contribution is -2.05. The fourth-order valence-corrected chi connectivity index (χ4v) is 1.95. The van der Waals surface area contributed by atoms with Crippen molar-refractivity contribution in [2.75, 3.05) is 11.1 Å². The Balaban J connectivity index is 2.19. The third kappa shape index (κ3) is 3.20. The highest BCUT2D eigenvalue weighted by Crippen LogP contribution is 2.27. The van der Waals surface area contributed by atoms with Gasteiger partial charge in [-0.1, -0.05) is 0 Å². The first-order chi connectivity index (χ1) is 8.97. The number of benzene rings is 2. The van der Waals surface area contributed by atoms with Crippen LogP contribution in [-0.4, -0.2) is 0 Å².